The monoisotopic (exact) mass is 273 g/mol. The van der Waals surface area contributed by atoms with Gasteiger partial charge in [-0.15, -0.1) is 0 Å². The fourth-order valence-corrected chi connectivity index (χ4v) is 3.13. The van der Waals surface area contributed by atoms with E-state index >= 15 is 0 Å². The van der Waals surface area contributed by atoms with Crippen molar-refractivity contribution < 1.29 is 13.0 Å². The summed E-state index contributed by atoms with van der Waals surface area (Å²) in [4.78, 5) is 0.00926. The van der Waals surface area contributed by atoms with Gasteiger partial charge in [0.25, 0.3) is 10.1 Å². The molecule has 3 nitrogen and oxygen atoms in total. The number of rotatable bonds is 1. The first kappa shape index (κ1) is 13.7. The largest absolute Gasteiger partial charge is 0.295 e. The predicted molar refractivity (Wildman–Crippen MR) is 66.9 cm³/mol. The molecule has 0 heterocycles. The number of hydrogen-bond acceptors (Lipinski definition) is 2. The molecule has 0 atom stereocenters. The number of hydrogen-bond donors (Lipinski definition) is 1. The third kappa shape index (κ3) is 2.25. The van der Waals surface area contributed by atoms with E-state index in [0.717, 1.165) is 29.4 Å². The summed E-state index contributed by atoms with van der Waals surface area (Å²) in [6.45, 7) is 0. The molecule has 0 saturated heterocycles. The van der Waals surface area contributed by atoms with Gasteiger partial charge < -0.3 is 0 Å². The van der Waals surface area contributed by atoms with Crippen LogP contribution in [0.2, 0.25) is 0 Å². The van der Waals surface area contributed by atoms with Gasteiger partial charge in [-0.1, -0.05) is 24.3 Å². The Morgan fingerprint density at radius 1 is 1.00 bits per heavy atom. The van der Waals surface area contributed by atoms with E-state index in [1.165, 1.54) is 6.07 Å². The smallest absolute Gasteiger partial charge is 0.282 e. The minimum Gasteiger partial charge on any atom is -0.282 e. The first-order chi connectivity index (χ1) is 7.57. The average Bonchev–Trinajstić information content (AvgIpc) is 2.63. The van der Waals surface area contributed by atoms with Crippen molar-refractivity contribution in [3.8, 4) is 0 Å². The summed E-state index contributed by atoms with van der Waals surface area (Å²) in [5, 5.41) is 1.63. The molecule has 0 fully saturated rings. The summed E-state index contributed by atoms with van der Waals surface area (Å²) in [6.07, 6.45) is 1.89. The quantitative estimate of drug-likeness (QED) is 0.637. The summed E-state index contributed by atoms with van der Waals surface area (Å²) >= 11 is 0. The summed E-state index contributed by atoms with van der Waals surface area (Å²) < 4.78 is 31.7. The molecule has 17 heavy (non-hydrogen) atoms. The first-order valence-corrected chi connectivity index (χ1v) is 6.52. The van der Waals surface area contributed by atoms with E-state index in [2.05, 4.69) is 0 Å². The Balaban J connectivity index is 0.00000108. The molecule has 0 amide bonds. The molecule has 0 aliphatic heterocycles. The standard InChI is InChI=1S/C12H10O3S.K/c13-16(14,15)11-7-6-9-5-4-8-2-1-3-10(11)12(8)9;/h1-3,6-7H,4-5H2,(H,13,14,15);. The van der Waals surface area contributed by atoms with Gasteiger partial charge in [-0.25, -0.2) is 0 Å². The zero-order valence-electron chi connectivity index (χ0n) is 9.47. The second-order valence-electron chi connectivity index (χ2n) is 4.04. The Kier molecular flexibility index (Phi) is 3.81. The van der Waals surface area contributed by atoms with Gasteiger partial charge in [-0.3, -0.25) is 4.55 Å². The maximum absolute atomic E-state index is 11.2. The van der Waals surface area contributed by atoms with Crippen LogP contribution in [0.25, 0.3) is 10.8 Å². The van der Waals surface area contributed by atoms with Crippen LogP contribution in [0.4, 0.5) is 0 Å². The maximum atomic E-state index is 11.2. The van der Waals surface area contributed by atoms with Crippen LogP contribution in [-0.2, 0) is 23.0 Å². The fraction of sp³-hybridized carbons (Fsp3) is 0.167. The minimum absolute atomic E-state index is 0. The molecular formula is C12H10KO3S. The van der Waals surface area contributed by atoms with Gasteiger partial charge in [0.2, 0.25) is 0 Å². The molecule has 0 spiro atoms. The third-order valence-corrected chi connectivity index (χ3v) is 4.03. The zero-order chi connectivity index (χ0) is 11.3. The first-order valence-electron chi connectivity index (χ1n) is 5.08. The molecule has 1 N–H and O–H groups in total. The van der Waals surface area contributed by atoms with Gasteiger partial charge in [-0.05, 0) is 35.4 Å². The van der Waals surface area contributed by atoms with E-state index in [4.69, 9.17) is 4.55 Å². The Morgan fingerprint density at radius 3 is 2.29 bits per heavy atom. The average molecular weight is 273 g/mol. The van der Waals surface area contributed by atoms with Crippen molar-refractivity contribution in [2.75, 3.05) is 0 Å². The van der Waals surface area contributed by atoms with Crippen LogP contribution < -0.4 is 0 Å². The van der Waals surface area contributed by atoms with E-state index < -0.39 is 10.1 Å². The second-order valence-corrected chi connectivity index (χ2v) is 5.43. The van der Waals surface area contributed by atoms with Crippen LogP contribution in [0.5, 0.6) is 0 Å². The van der Waals surface area contributed by atoms with Crippen molar-refractivity contribution in [3.05, 3.63) is 41.5 Å². The molecule has 1 aliphatic carbocycles. The van der Waals surface area contributed by atoms with Crippen molar-refractivity contribution in [1.82, 2.24) is 0 Å². The SMILES string of the molecule is O=S(=O)(O)c1ccc2c3c(cccc13)CC2.[K]. The second kappa shape index (κ2) is 4.73. The zero-order valence-corrected chi connectivity index (χ0v) is 13.4. The van der Waals surface area contributed by atoms with Crippen molar-refractivity contribution in [1.29, 1.82) is 0 Å². The Hall–Kier alpha value is 0.246. The van der Waals surface area contributed by atoms with E-state index in [1.807, 2.05) is 12.1 Å². The summed E-state index contributed by atoms with van der Waals surface area (Å²) in [5.74, 6) is 0. The Labute approximate surface area is 142 Å². The van der Waals surface area contributed by atoms with Crippen LogP contribution in [0.1, 0.15) is 11.1 Å². The Morgan fingerprint density at radius 2 is 1.65 bits per heavy atom. The summed E-state index contributed by atoms with van der Waals surface area (Å²) in [7, 11) is -4.14. The third-order valence-electron chi connectivity index (χ3n) is 3.11. The summed E-state index contributed by atoms with van der Waals surface area (Å²) in [6, 6.07) is 8.87. The molecule has 1 radical (unpaired) electrons. The molecule has 0 aromatic heterocycles. The van der Waals surface area contributed by atoms with Crippen LogP contribution in [0.3, 0.4) is 0 Å². The van der Waals surface area contributed by atoms with Crippen molar-refractivity contribution >= 4 is 72.3 Å². The normalized spacial score (nSPS) is 13.7. The van der Waals surface area contributed by atoms with Crippen LogP contribution in [-0.4, -0.2) is 64.4 Å². The fourth-order valence-electron chi connectivity index (χ4n) is 2.45. The van der Waals surface area contributed by atoms with Gasteiger partial charge in [0.15, 0.2) is 0 Å². The van der Waals surface area contributed by atoms with Crippen molar-refractivity contribution in [2.24, 2.45) is 0 Å². The van der Waals surface area contributed by atoms with E-state index in [1.54, 1.807) is 12.1 Å². The van der Waals surface area contributed by atoms with Gasteiger partial charge in [-0.2, -0.15) is 8.42 Å². The van der Waals surface area contributed by atoms with E-state index in [-0.39, 0.29) is 56.3 Å². The number of aryl methyl sites for hydroxylation is 2. The molecule has 0 bridgehead atoms. The van der Waals surface area contributed by atoms with Gasteiger partial charge in [0, 0.05) is 56.8 Å². The van der Waals surface area contributed by atoms with Crippen LogP contribution >= 0.6 is 0 Å². The molecular weight excluding hydrogens is 263 g/mol. The molecule has 5 heteroatoms. The minimum atomic E-state index is -4.14. The topological polar surface area (TPSA) is 54.4 Å². The van der Waals surface area contributed by atoms with Crippen LogP contribution in [0.15, 0.2) is 35.2 Å². The van der Waals surface area contributed by atoms with E-state index in [0.29, 0.717) is 5.39 Å². The van der Waals surface area contributed by atoms with E-state index in [9.17, 15) is 8.42 Å². The molecule has 3 rings (SSSR count). The number of benzene rings is 2. The molecule has 2 aromatic rings. The van der Waals surface area contributed by atoms with Crippen LogP contribution in [0, 0.1) is 0 Å². The molecule has 83 valence electrons. The van der Waals surface area contributed by atoms with Gasteiger partial charge >= 0.3 is 0 Å². The van der Waals surface area contributed by atoms with Crippen molar-refractivity contribution in [3.63, 3.8) is 0 Å². The molecule has 1 aliphatic rings. The van der Waals surface area contributed by atoms with Gasteiger partial charge in [0.1, 0.15) is 4.90 Å². The summed E-state index contributed by atoms with van der Waals surface area (Å²) in [5.41, 5.74) is 2.33. The molecule has 0 unspecified atom stereocenters. The molecule has 2 aromatic carbocycles. The van der Waals surface area contributed by atoms with Crippen molar-refractivity contribution in [2.45, 2.75) is 17.7 Å². The maximum Gasteiger partial charge on any atom is 0.295 e. The molecule has 0 saturated carbocycles. The predicted octanol–water partition coefficient (Wildman–Crippen LogP) is 1.80. The Bertz CT molecular complexity index is 682. The van der Waals surface area contributed by atoms with Gasteiger partial charge in [0.05, 0.1) is 0 Å².